The molecule has 0 aliphatic heterocycles. The number of unbranched alkanes of at least 4 members (excludes halogenated alkanes) is 1. The van der Waals surface area contributed by atoms with E-state index in [0.29, 0.717) is 70.6 Å². The molecule has 4 rings (SSSR count). The summed E-state index contributed by atoms with van der Waals surface area (Å²) in [4.78, 5) is 51.2. The van der Waals surface area contributed by atoms with Crippen LogP contribution in [-0.4, -0.2) is 116 Å². The van der Waals surface area contributed by atoms with Gasteiger partial charge in [-0.2, -0.15) is 8.78 Å². The van der Waals surface area contributed by atoms with Gasteiger partial charge in [0.2, 0.25) is 0 Å². The summed E-state index contributed by atoms with van der Waals surface area (Å²) in [7, 11) is 0. The molecule has 0 aromatic heterocycles. The number of aryl methyl sites for hydroxylation is 1. The second kappa shape index (κ2) is 29.0. The van der Waals surface area contributed by atoms with Gasteiger partial charge in [-0.15, -0.1) is 0 Å². The van der Waals surface area contributed by atoms with E-state index < -0.39 is 112 Å². The number of allylic oxidation sites excluding steroid dienone is 4. The number of rotatable bonds is 26. The number of alkyl halides is 4. The number of hydrogen-bond acceptors (Lipinski definition) is 13. The maximum Gasteiger partial charge on any atom is 0.508 e. The van der Waals surface area contributed by atoms with Crippen LogP contribution in [0.4, 0.5) is 22.4 Å². The van der Waals surface area contributed by atoms with E-state index in [2.05, 4.69) is 5.92 Å². The van der Waals surface area contributed by atoms with Crippen molar-refractivity contribution < 1.29 is 80.1 Å². The normalized spacial score (nSPS) is 25.1. The molecule has 1 aromatic rings. The molecule has 0 bridgehead atoms. The molecule has 386 valence electrons. The third-order valence-electron chi connectivity index (χ3n) is 12.4. The molecule has 0 saturated heterocycles. The highest BCUT2D eigenvalue weighted by molar-refractivity contribution is 5.71. The van der Waals surface area contributed by atoms with Gasteiger partial charge >= 0.3 is 30.0 Å². The third-order valence-corrected chi connectivity index (χ3v) is 12.4. The number of aliphatic hydroxyl groups excluding tert-OH is 2. The van der Waals surface area contributed by atoms with Crippen molar-refractivity contribution in [3.05, 3.63) is 60.2 Å². The lowest BCUT2D eigenvalue weighted by Gasteiger charge is -2.29. The maximum absolute atomic E-state index is 14.0. The highest BCUT2D eigenvalue weighted by Crippen LogP contribution is 2.39. The molecule has 1 saturated carbocycles. The first kappa shape index (κ1) is 57.1. The maximum atomic E-state index is 14.0. The zero-order valence-corrected chi connectivity index (χ0v) is 40.3. The molecule has 0 radical (unpaired) electrons. The van der Waals surface area contributed by atoms with Gasteiger partial charge in [-0.05, 0) is 134 Å². The van der Waals surface area contributed by atoms with Crippen molar-refractivity contribution in [1.82, 2.24) is 0 Å². The Balaban J connectivity index is 1.37. The number of carbonyl (C=O) groups excluding carboxylic acids is 4. The lowest BCUT2D eigenvalue weighted by Crippen LogP contribution is -2.38. The molecule has 1 aromatic carbocycles. The SMILES string of the molecule is CC(C)OC(=O)CCC/C=C\C[C@@H]1[C@@H](CC[C@H](CCc2ccccc2)OC(=O)OCC(C)(COC(=O)COC2CCC#CC(F)(F)CC2)COC(=O)COC2CC/C=C\C(F)(F)CC2)[C@H](O)C[C@@H]1O. The van der Waals surface area contributed by atoms with Gasteiger partial charge in [-0.3, -0.25) is 4.79 Å². The Bertz CT molecular complexity index is 1860. The van der Waals surface area contributed by atoms with Crippen LogP contribution in [0.3, 0.4) is 0 Å². The summed E-state index contributed by atoms with van der Waals surface area (Å²) in [6.45, 7) is 2.71. The Morgan fingerprint density at radius 3 is 2.16 bits per heavy atom. The smallest absolute Gasteiger partial charge is 0.463 e. The molecule has 17 heteroatoms. The fourth-order valence-electron chi connectivity index (χ4n) is 8.50. The Hall–Kier alpha value is -4.50. The summed E-state index contributed by atoms with van der Waals surface area (Å²) in [5.74, 6) is -4.24. The molecule has 69 heavy (non-hydrogen) atoms. The van der Waals surface area contributed by atoms with Crippen LogP contribution < -0.4 is 0 Å². The second-order valence-corrected chi connectivity index (χ2v) is 19.1. The molecule has 0 heterocycles. The zero-order chi connectivity index (χ0) is 50.3. The first-order valence-corrected chi connectivity index (χ1v) is 24.4. The molecule has 0 spiro atoms. The predicted octanol–water partition coefficient (Wildman–Crippen LogP) is 9.19. The van der Waals surface area contributed by atoms with Gasteiger partial charge in [0.15, 0.2) is 0 Å². The van der Waals surface area contributed by atoms with Crippen LogP contribution in [0.1, 0.15) is 129 Å². The zero-order valence-electron chi connectivity index (χ0n) is 40.3. The molecule has 8 atom stereocenters. The Morgan fingerprint density at radius 1 is 0.812 bits per heavy atom. The topological polar surface area (TPSA) is 173 Å². The standard InChI is InChI=1S/C52H72F4O13/c1-37(2)68-46(59)20-10-5-4-9-19-42-43(45(58)31-44(42)57)24-23-41(22-21-38-15-7-6-8-16-38)69-49(62)67-36-50(3,34-65-47(60)32-63-39-17-11-13-27-51(53,54)29-25-39)35-66-48(61)33-64-40-18-12-14-28-52(55,56)30-26-40/h4,6-9,13,15-16,27,37,39-45,57-58H,5,10-12,17-26,29-36H2,1-3H3/b9-4-,27-13-/t39?,40?,41-,42+,43+,44-,45+,50?/m0/s1. The average Bonchev–Trinajstić information content (AvgIpc) is 3.56. The molecular formula is C52H72F4O13. The van der Waals surface area contributed by atoms with E-state index in [-0.39, 0.29) is 49.6 Å². The van der Waals surface area contributed by atoms with Crippen molar-refractivity contribution in [3.63, 3.8) is 0 Å². The minimum absolute atomic E-state index is 0.0193. The minimum atomic E-state index is -3.16. The molecule has 3 aliphatic rings. The Kier molecular flexibility index (Phi) is 24.0. The molecule has 3 unspecified atom stereocenters. The number of esters is 3. The van der Waals surface area contributed by atoms with Crippen LogP contribution in [0.15, 0.2) is 54.6 Å². The number of benzene rings is 1. The van der Waals surface area contributed by atoms with Gasteiger partial charge in [0.25, 0.3) is 5.92 Å². The molecule has 2 N–H and O–H groups in total. The minimum Gasteiger partial charge on any atom is -0.463 e. The van der Waals surface area contributed by atoms with E-state index in [4.69, 9.17) is 33.2 Å². The van der Waals surface area contributed by atoms with Gasteiger partial charge in [0.1, 0.15) is 39.1 Å². The fraction of sp³-hybridized carbons (Fsp3) is 0.692. The number of carbonyl (C=O) groups is 4. The Labute approximate surface area is 404 Å². The summed E-state index contributed by atoms with van der Waals surface area (Å²) in [6.07, 6.45) is 5.81. The number of hydrogen-bond donors (Lipinski definition) is 2. The van der Waals surface area contributed by atoms with Crippen LogP contribution in [0.25, 0.3) is 0 Å². The molecule has 3 aliphatic carbocycles. The van der Waals surface area contributed by atoms with E-state index in [1.807, 2.05) is 48.4 Å². The van der Waals surface area contributed by atoms with Gasteiger partial charge in [0, 0.05) is 25.7 Å². The number of aliphatic hydroxyl groups is 2. The van der Waals surface area contributed by atoms with Crippen LogP contribution in [0.5, 0.6) is 0 Å². The monoisotopic (exact) mass is 980 g/mol. The lowest BCUT2D eigenvalue weighted by molar-refractivity contribution is -0.163. The van der Waals surface area contributed by atoms with Crippen molar-refractivity contribution in [1.29, 1.82) is 0 Å². The highest BCUT2D eigenvalue weighted by atomic mass is 19.3. The van der Waals surface area contributed by atoms with Gasteiger partial charge in [-0.25, -0.2) is 23.2 Å². The number of halogens is 4. The average molecular weight is 981 g/mol. The predicted molar refractivity (Wildman–Crippen MR) is 246 cm³/mol. The molecule has 0 amide bonds. The summed E-state index contributed by atoms with van der Waals surface area (Å²) in [5.41, 5.74) is -0.345. The van der Waals surface area contributed by atoms with Crippen molar-refractivity contribution in [2.24, 2.45) is 17.3 Å². The van der Waals surface area contributed by atoms with Crippen molar-refractivity contribution in [3.8, 4) is 11.8 Å². The van der Waals surface area contributed by atoms with E-state index >= 15 is 0 Å². The van der Waals surface area contributed by atoms with Crippen molar-refractivity contribution in [2.75, 3.05) is 33.0 Å². The highest BCUT2D eigenvalue weighted by Gasteiger charge is 2.41. The molecule has 1 fully saturated rings. The summed E-state index contributed by atoms with van der Waals surface area (Å²) < 4.78 is 94.6. The first-order valence-electron chi connectivity index (χ1n) is 24.4. The largest absolute Gasteiger partial charge is 0.508 e. The van der Waals surface area contributed by atoms with E-state index in [0.717, 1.165) is 11.6 Å². The quantitative estimate of drug-likeness (QED) is 0.0225. The second-order valence-electron chi connectivity index (χ2n) is 19.1. The Morgan fingerprint density at radius 2 is 1.46 bits per heavy atom. The van der Waals surface area contributed by atoms with Crippen LogP contribution >= 0.6 is 0 Å². The fourth-order valence-corrected chi connectivity index (χ4v) is 8.50. The lowest BCUT2D eigenvalue weighted by atomic mass is 9.85. The van der Waals surface area contributed by atoms with E-state index in [1.165, 1.54) is 13.0 Å². The molecule has 13 nitrogen and oxygen atoms in total. The number of ether oxygens (including phenoxy) is 7. The summed E-state index contributed by atoms with van der Waals surface area (Å²) in [6, 6.07) is 9.59. The van der Waals surface area contributed by atoms with Crippen molar-refractivity contribution in [2.45, 2.75) is 178 Å². The van der Waals surface area contributed by atoms with Gasteiger partial charge in [-0.1, -0.05) is 54.5 Å². The first-order chi connectivity index (χ1) is 32.8. The molecular weight excluding hydrogens is 909 g/mol. The van der Waals surface area contributed by atoms with Crippen LogP contribution in [0.2, 0.25) is 0 Å². The van der Waals surface area contributed by atoms with E-state index in [9.17, 15) is 47.0 Å². The van der Waals surface area contributed by atoms with Crippen LogP contribution in [-0.2, 0) is 54.0 Å². The third kappa shape index (κ3) is 22.9. The van der Waals surface area contributed by atoms with E-state index in [1.54, 1.807) is 13.8 Å². The van der Waals surface area contributed by atoms with Crippen molar-refractivity contribution >= 4 is 24.1 Å². The van der Waals surface area contributed by atoms with Crippen LogP contribution in [0, 0.1) is 29.1 Å². The summed E-state index contributed by atoms with van der Waals surface area (Å²) >= 11 is 0. The van der Waals surface area contributed by atoms with Gasteiger partial charge in [0.05, 0.1) is 35.9 Å². The summed E-state index contributed by atoms with van der Waals surface area (Å²) in [5, 5.41) is 21.9. The van der Waals surface area contributed by atoms with Gasteiger partial charge < -0.3 is 43.4 Å².